The molecule has 1 amide bonds. The minimum atomic E-state index is -0.229. The number of anilines is 1. The molecular formula is C20H19BrN2O3S. The fourth-order valence-electron chi connectivity index (χ4n) is 2.49. The molecule has 0 saturated heterocycles. The van der Waals surface area contributed by atoms with Gasteiger partial charge in [-0.05, 0) is 46.6 Å². The van der Waals surface area contributed by atoms with Crippen LogP contribution in [0.1, 0.15) is 23.7 Å². The maximum atomic E-state index is 12.7. The van der Waals surface area contributed by atoms with Gasteiger partial charge in [-0.2, -0.15) is 0 Å². The first-order chi connectivity index (χ1) is 13.1. The summed E-state index contributed by atoms with van der Waals surface area (Å²) < 4.78 is 11.8. The molecule has 7 heteroatoms. The number of halogens is 1. The van der Waals surface area contributed by atoms with Gasteiger partial charge in [0.05, 0.1) is 18.2 Å². The summed E-state index contributed by atoms with van der Waals surface area (Å²) >= 11 is 5.02. The molecule has 5 nitrogen and oxygen atoms in total. The number of carbonyl (C=O) groups is 1. The first-order valence-corrected chi connectivity index (χ1v) is 10.1. The van der Waals surface area contributed by atoms with Crippen molar-refractivity contribution in [3.8, 4) is 22.1 Å². The van der Waals surface area contributed by atoms with E-state index in [0.717, 1.165) is 17.0 Å². The lowest BCUT2D eigenvalue weighted by molar-refractivity contribution is 0.102. The molecule has 0 aliphatic carbocycles. The Hall–Kier alpha value is -2.38. The van der Waals surface area contributed by atoms with Gasteiger partial charge < -0.3 is 14.8 Å². The Morgan fingerprint density at radius 1 is 1.30 bits per heavy atom. The fourth-order valence-corrected chi connectivity index (χ4v) is 3.69. The summed E-state index contributed by atoms with van der Waals surface area (Å²) in [5.74, 6) is 0.883. The predicted octanol–water partition coefficient (Wildman–Crippen LogP) is 5.62. The van der Waals surface area contributed by atoms with Gasteiger partial charge in [-0.1, -0.05) is 19.1 Å². The largest absolute Gasteiger partial charge is 0.493 e. The van der Waals surface area contributed by atoms with Crippen LogP contribution in [-0.4, -0.2) is 24.6 Å². The number of hydrogen-bond donors (Lipinski definition) is 1. The monoisotopic (exact) mass is 446 g/mol. The summed E-state index contributed by atoms with van der Waals surface area (Å²) in [5, 5.41) is 5.76. The van der Waals surface area contributed by atoms with E-state index in [-0.39, 0.29) is 5.91 Å². The maximum absolute atomic E-state index is 12.7. The van der Waals surface area contributed by atoms with Gasteiger partial charge in [0, 0.05) is 28.4 Å². The number of ether oxygens (including phenoxy) is 2. The van der Waals surface area contributed by atoms with Crippen molar-refractivity contribution in [2.24, 2.45) is 0 Å². The normalized spacial score (nSPS) is 10.5. The van der Waals surface area contributed by atoms with Gasteiger partial charge in [0.1, 0.15) is 5.01 Å². The lowest BCUT2D eigenvalue weighted by Crippen LogP contribution is -2.12. The molecule has 0 aliphatic heterocycles. The van der Waals surface area contributed by atoms with Crippen LogP contribution >= 0.6 is 27.3 Å². The molecule has 0 fully saturated rings. The van der Waals surface area contributed by atoms with Crippen molar-refractivity contribution in [1.82, 2.24) is 4.98 Å². The molecule has 0 aliphatic rings. The summed E-state index contributed by atoms with van der Waals surface area (Å²) in [4.78, 5) is 17.0. The summed E-state index contributed by atoms with van der Waals surface area (Å²) in [7, 11) is 1.56. The zero-order chi connectivity index (χ0) is 19.2. The van der Waals surface area contributed by atoms with E-state index in [9.17, 15) is 4.79 Å². The number of carbonyl (C=O) groups excluding carboxylic acids is 1. The Balaban J connectivity index is 1.82. The maximum Gasteiger partial charge on any atom is 0.255 e. The Labute approximate surface area is 170 Å². The summed E-state index contributed by atoms with van der Waals surface area (Å²) in [6.45, 7) is 2.60. The van der Waals surface area contributed by atoms with Crippen LogP contribution in [-0.2, 0) is 0 Å². The van der Waals surface area contributed by atoms with Crippen LogP contribution in [0.25, 0.3) is 10.6 Å². The minimum absolute atomic E-state index is 0.229. The fraction of sp³-hybridized carbons (Fsp3) is 0.200. The number of thiazole rings is 1. The number of hydrogen-bond acceptors (Lipinski definition) is 5. The summed E-state index contributed by atoms with van der Waals surface area (Å²) in [5.41, 5.74) is 2.14. The molecule has 3 rings (SSSR count). The quantitative estimate of drug-likeness (QED) is 0.511. The minimum Gasteiger partial charge on any atom is -0.493 e. The summed E-state index contributed by atoms with van der Waals surface area (Å²) in [6.07, 6.45) is 2.64. The van der Waals surface area contributed by atoms with Gasteiger partial charge in [0.15, 0.2) is 11.5 Å². The van der Waals surface area contributed by atoms with E-state index in [1.165, 1.54) is 0 Å². The van der Waals surface area contributed by atoms with Gasteiger partial charge in [0.25, 0.3) is 5.91 Å². The van der Waals surface area contributed by atoms with Gasteiger partial charge >= 0.3 is 0 Å². The molecule has 0 radical (unpaired) electrons. The number of rotatable bonds is 7. The Morgan fingerprint density at radius 3 is 2.85 bits per heavy atom. The molecule has 140 valence electrons. The third kappa shape index (κ3) is 4.67. The molecule has 0 saturated carbocycles. The van der Waals surface area contributed by atoms with Crippen LogP contribution in [0.2, 0.25) is 0 Å². The molecule has 0 bridgehead atoms. The zero-order valence-corrected chi connectivity index (χ0v) is 17.4. The van der Waals surface area contributed by atoms with E-state index in [0.29, 0.717) is 33.8 Å². The molecule has 27 heavy (non-hydrogen) atoms. The number of benzene rings is 2. The number of aromatic nitrogens is 1. The average molecular weight is 447 g/mol. The molecule has 0 unspecified atom stereocenters. The Morgan fingerprint density at radius 2 is 2.15 bits per heavy atom. The van der Waals surface area contributed by atoms with Crippen molar-refractivity contribution in [2.45, 2.75) is 13.3 Å². The number of methoxy groups -OCH3 is 1. The van der Waals surface area contributed by atoms with Gasteiger partial charge in [-0.25, -0.2) is 4.98 Å². The second-order valence-corrected chi connectivity index (χ2v) is 7.46. The Bertz CT molecular complexity index is 929. The second-order valence-electron chi connectivity index (χ2n) is 5.71. The summed E-state index contributed by atoms with van der Waals surface area (Å²) in [6, 6.07) is 11.0. The lowest BCUT2D eigenvalue weighted by atomic mass is 10.1. The first kappa shape index (κ1) is 19.4. The average Bonchev–Trinajstić information content (AvgIpc) is 3.21. The molecule has 0 atom stereocenters. The molecule has 2 aromatic carbocycles. The van der Waals surface area contributed by atoms with Crippen LogP contribution in [0, 0.1) is 0 Å². The van der Waals surface area contributed by atoms with E-state index in [4.69, 9.17) is 9.47 Å². The standard InChI is InChI=1S/C20H19BrN2O3S/c1-3-8-26-18-16(21)11-14(12-17(18)25-2)19(24)23-15-6-4-5-13(10-15)20-22-7-9-27-20/h4-7,9-12H,3,8H2,1-2H3,(H,23,24). The number of nitrogens with one attached hydrogen (secondary N) is 1. The van der Waals surface area contributed by atoms with E-state index in [1.54, 1.807) is 36.8 Å². The van der Waals surface area contributed by atoms with Crippen LogP contribution in [0.4, 0.5) is 5.69 Å². The topological polar surface area (TPSA) is 60.5 Å². The second kappa shape index (κ2) is 9.01. The molecule has 1 aromatic heterocycles. The Kier molecular flexibility index (Phi) is 6.47. The van der Waals surface area contributed by atoms with Crippen molar-refractivity contribution in [3.05, 3.63) is 58.0 Å². The number of nitrogens with zero attached hydrogens (tertiary/aromatic N) is 1. The van der Waals surface area contributed by atoms with Crippen LogP contribution in [0.15, 0.2) is 52.4 Å². The van der Waals surface area contributed by atoms with Crippen molar-refractivity contribution >= 4 is 38.9 Å². The lowest BCUT2D eigenvalue weighted by Gasteiger charge is -2.14. The predicted molar refractivity (Wildman–Crippen MR) is 112 cm³/mol. The smallest absolute Gasteiger partial charge is 0.255 e. The zero-order valence-electron chi connectivity index (χ0n) is 15.0. The van der Waals surface area contributed by atoms with Gasteiger partial charge in [-0.15, -0.1) is 11.3 Å². The van der Waals surface area contributed by atoms with Gasteiger partial charge in [-0.3, -0.25) is 4.79 Å². The van der Waals surface area contributed by atoms with Gasteiger partial charge in [0.2, 0.25) is 0 Å². The highest BCUT2D eigenvalue weighted by molar-refractivity contribution is 9.10. The highest BCUT2D eigenvalue weighted by Gasteiger charge is 2.16. The third-order valence-corrected chi connectivity index (χ3v) is 5.15. The molecule has 1 N–H and O–H groups in total. The van der Waals surface area contributed by atoms with E-state index in [2.05, 4.69) is 26.2 Å². The highest BCUT2D eigenvalue weighted by Crippen LogP contribution is 2.37. The molecule has 3 aromatic rings. The van der Waals surface area contributed by atoms with E-state index < -0.39 is 0 Å². The van der Waals surface area contributed by atoms with Crippen LogP contribution < -0.4 is 14.8 Å². The van der Waals surface area contributed by atoms with Crippen molar-refractivity contribution < 1.29 is 14.3 Å². The van der Waals surface area contributed by atoms with E-state index >= 15 is 0 Å². The van der Waals surface area contributed by atoms with Crippen molar-refractivity contribution in [1.29, 1.82) is 0 Å². The van der Waals surface area contributed by atoms with Crippen molar-refractivity contribution in [2.75, 3.05) is 19.0 Å². The first-order valence-electron chi connectivity index (χ1n) is 8.44. The molecule has 1 heterocycles. The van der Waals surface area contributed by atoms with E-state index in [1.807, 2.05) is 36.6 Å². The van der Waals surface area contributed by atoms with Crippen LogP contribution in [0.5, 0.6) is 11.5 Å². The molecular weight excluding hydrogens is 428 g/mol. The number of amides is 1. The van der Waals surface area contributed by atoms with Crippen molar-refractivity contribution in [3.63, 3.8) is 0 Å². The SMILES string of the molecule is CCCOc1c(Br)cc(C(=O)Nc2cccc(-c3nccs3)c2)cc1OC. The molecule has 0 spiro atoms. The van der Waals surface area contributed by atoms with Crippen LogP contribution in [0.3, 0.4) is 0 Å². The highest BCUT2D eigenvalue weighted by atomic mass is 79.9. The third-order valence-electron chi connectivity index (χ3n) is 3.74.